The van der Waals surface area contributed by atoms with Gasteiger partial charge in [-0.2, -0.15) is 5.10 Å². The Labute approximate surface area is 149 Å². The van der Waals surface area contributed by atoms with E-state index in [2.05, 4.69) is 10.5 Å². The number of hydrazone groups is 1. The number of nitrogens with zero attached hydrogens (tertiary/aromatic N) is 2. The predicted octanol–water partition coefficient (Wildman–Crippen LogP) is 2.92. The van der Waals surface area contributed by atoms with Crippen LogP contribution in [-0.2, 0) is 6.42 Å². The number of hydrogen-bond donors (Lipinski definition) is 1. The van der Waals surface area contributed by atoms with Crippen LogP contribution in [0, 0.1) is 16.0 Å². The van der Waals surface area contributed by atoms with Crippen molar-refractivity contribution in [2.45, 2.75) is 13.3 Å². The van der Waals surface area contributed by atoms with Crippen molar-refractivity contribution in [3.63, 3.8) is 0 Å². The zero-order valence-corrected chi connectivity index (χ0v) is 14.0. The van der Waals surface area contributed by atoms with Gasteiger partial charge in [-0.1, -0.05) is 13.0 Å². The number of non-ortho nitro benzene ring substituents is 1. The van der Waals surface area contributed by atoms with Gasteiger partial charge in [0.25, 0.3) is 11.6 Å². The number of benzene rings is 2. The van der Waals surface area contributed by atoms with E-state index in [1.54, 1.807) is 6.21 Å². The van der Waals surface area contributed by atoms with Crippen molar-refractivity contribution < 1.29 is 19.2 Å². The zero-order valence-electron chi connectivity index (χ0n) is 14.0. The molecule has 0 saturated heterocycles. The molecule has 1 amide bonds. The van der Waals surface area contributed by atoms with Crippen LogP contribution in [0.2, 0.25) is 0 Å². The molecule has 0 unspecified atom stereocenters. The van der Waals surface area contributed by atoms with E-state index in [4.69, 9.17) is 9.47 Å². The molecule has 0 radical (unpaired) electrons. The van der Waals surface area contributed by atoms with Crippen molar-refractivity contribution in [1.29, 1.82) is 0 Å². The normalized spacial score (nSPS) is 13.6. The quantitative estimate of drug-likeness (QED) is 0.487. The van der Waals surface area contributed by atoms with Crippen molar-refractivity contribution in [1.82, 2.24) is 5.43 Å². The zero-order chi connectivity index (χ0) is 18.5. The van der Waals surface area contributed by atoms with Crippen LogP contribution in [0.25, 0.3) is 0 Å². The summed E-state index contributed by atoms with van der Waals surface area (Å²) < 4.78 is 10.6. The molecule has 0 bridgehead atoms. The number of hydrogen-bond acceptors (Lipinski definition) is 6. The van der Waals surface area contributed by atoms with Gasteiger partial charge in [0.1, 0.15) is 0 Å². The van der Waals surface area contributed by atoms with E-state index in [1.165, 1.54) is 24.3 Å². The van der Waals surface area contributed by atoms with E-state index in [0.717, 1.165) is 23.5 Å². The molecule has 1 N–H and O–H groups in total. The molecule has 1 atom stereocenters. The average Bonchev–Trinajstić information content (AvgIpc) is 3.09. The first kappa shape index (κ1) is 17.4. The van der Waals surface area contributed by atoms with Crippen LogP contribution < -0.4 is 14.9 Å². The van der Waals surface area contributed by atoms with E-state index in [9.17, 15) is 14.9 Å². The number of carbonyl (C=O) groups is 1. The number of fused-ring (bicyclic) bond motifs is 1. The molecule has 0 aromatic heterocycles. The van der Waals surface area contributed by atoms with Crippen LogP contribution >= 0.6 is 0 Å². The molecule has 8 nitrogen and oxygen atoms in total. The first-order chi connectivity index (χ1) is 12.5. The second-order valence-corrected chi connectivity index (χ2v) is 5.89. The fourth-order valence-electron chi connectivity index (χ4n) is 2.51. The van der Waals surface area contributed by atoms with E-state index in [1.807, 2.05) is 25.1 Å². The molecule has 0 fully saturated rings. The van der Waals surface area contributed by atoms with Gasteiger partial charge in [-0.15, -0.1) is 0 Å². The lowest BCUT2D eigenvalue weighted by molar-refractivity contribution is -0.384. The largest absolute Gasteiger partial charge is 0.454 e. The van der Waals surface area contributed by atoms with Gasteiger partial charge in [0.2, 0.25) is 6.79 Å². The maximum atomic E-state index is 12.0. The maximum absolute atomic E-state index is 12.0. The van der Waals surface area contributed by atoms with E-state index >= 15 is 0 Å². The standard InChI is InChI=1S/C18H17N3O5/c1-12(8-13-2-7-16-17(9-13)26-11-25-16)10-19-20-18(22)14-3-5-15(6-4-14)21(23)24/h2-7,9-10,12H,8,11H2,1H3,(H,20,22)/b19-10-/t12-/m0/s1. The van der Waals surface area contributed by atoms with Crippen LogP contribution in [0.15, 0.2) is 47.6 Å². The lowest BCUT2D eigenvalue weighted by Crippen LogP contribution is -2.18. The lowest BCUT2D eigenvalue weighted by atomic mass is 10.0. The maximum Gasteiger partial charge on any atom is 0.271 e. The molecule has 1 heterocycles. The van der Waals surface area contributed by atoms with Gasteiger partial charge in [-0.05, 0) is 42.2 Å². The van der Waals surface area contributed by atoms with Crippen LogP contribution in [0.1, 0.15) is 22.8 Å². The number of nitrogens with one attached hydrogen (secondary N) is 1. The van der Waals surface area contributed by atoms with Crippen LogP contribution in [0.3, 0.4) is 0 Å². The van der Waals surface area contributed by atoms with Gasteiger partial charge in [-0.3, -0.25) is 14.9 Å². The highest BCUT2D eigenvalue weighted by Crippen LogP contribution is 2.32. The fourth-order valence-corrected chi connectivity index (χ4v) is 2.51. The summed E-state index contributed by atoms with van der Waals surface area (Å²) in [6, 6.07) is 11.1. The number of nitro benzene ring substituents is 1. The Morgan fingerprint density at radius 1 is 1.27 bits per heavy atom. The summed E-state index contributed by atoms with van der Waals surface area (Å²) >= 11 is 0. The van der Waals surface area contributed by atoms with Gasteiger partial charge in [0, 0.05) is 23.9 Å². The first-order valence-electron chi connectivity index (χ1n) is 7.99. The van der Waals surface area contributed by atoms with Crippen LogP contribution in [0.4, 0.5) is 5.69 Å². The Morgan fingerprint density at radius 3 is 2.73 bits per heavy atom. The number of ether oxygens (including phenoxy) is 2. The summed E-state index contributed by atoms with van der Waals surface area (Å²) in [5.74, 6) is 1.14. The Balaban J connectivity index is 1.52. The van der Waals surface area contributed by atoms with Crippen LogP contribution in [0.5, 0.6) is 11.5 Å². The minimum atomic E-state index is -0.516. The monoisotopic (exact) mass is 355 g/mol. The third-order valence-corrected chi connectivity index (χ3v) is 3.83. The molecule has 3 rings (SSSR count). The molecular weight excluding hydrogens is 338 g/mol. The van der Waals surface area contributed by atoms with Gasteiger partial charge in [-0.25, -0.2) is 5.43 Å². The Morgan fingerprint density at radius 2 is 2.00 bits per heavy atom. The summed E-state index contributed by atoms with van der Waals surface area (Å²) in [6.07, 6.45) is 2.38. The molecular formula is C18H17N3O5. The first-order valence-corrected chi connectivity index (χ1v) is 7.99. The molecule has 2 aromatic rings. The van der Waals surface area contributed by atoms with E-state index in [0.29, 0.717) is 5.56 Å². The summed E-state index contributed by atoms with van der Waals surface area (Å²) in [5.41, 5.74) is 3.74. The minimum absolute atomic E-state index is 0.0672. The summed E-state index contributed by atoms with van der Waals surface area (Å²) in [5, 5.41) is 14.6. The summed E-state index contributed by atoms with van der Waals surface area (Å²) in [7, 11) is 0. The highest BCUT2D eigenvalue weighted by Gasteiger charge is 2.14. The lowest BCUT2D eigenvalue weighted by Gasteiger charge is -2.07. The van der Waals surface area contributed by atoms with Gasteiger partial charge in [0.15, 0.2) is 11.5 Å². The molecule has 0 aliphatic carbocycles. The van der Waals surface area contributed by atoms with Crippen molar-refractivity contribution in [2.75, 3.05) is 6.79 Å². The van der Waals surface area contributed by atoms with Crippen molar-refractivity contribution in [2.24, 2.45) is 11.0 Å². The molecule has 0 saturated carbocycles. The minimum Gasteiger partial charge on any atom is -0.454 e. The van der Waals surface area contributed by atoms with Crippen LogP contribution in [-0.4, -0.2) is 23.8 Å². The number of amides is 1. The second kappa shape index (κ2) is 7.64. The fraction of sp³-hybridized carbons (Fsp3) is 0.222. The Bertz CT molecular complexity index is 848. The predicted molar refractivity (Wildman–Crippen MR) is 94.5 cm³/mol. The highest BCUT2D eigenvalue weighted by atomic mass is 16.7. The topological polar surface area (TPSA) is 103 Å². The smallest absolute Gasteiger partial charge is 0.271 e. The Hall–Kier alpha value is -3.42. The van der Waals surface area contributed by atoms with Gasteiger partial charge in [0.05, 0.1) is 4.92 Å². The molecule has 1 aliphatic rings. The Kier molecular flexibility index (Phi) is 5.12. The molecule has 2 aromatic carbocycles. The molecule has 1 aliphatic heterocycles. The van der Waals surface area contributed by atoms with Gasteiger partial charge >= 0.3 is 0 Å². The molecule has 26 heavy (non-hydrogen) atoms. The van der Waals surface area contributed by atoms with Gasteiger partial charge < -0.3 is 9.47 Å². The third kappa shape index (κ3) is 4.15. The second-order valence-electron chi connectivity index (χ2n) is 5.89. The summed E-state index contributed by atoms with van der Waals surface area (Å²) in [4.78, 5) is 22.1. The van der Waals surface area contributed by atoms with Crippen molar-refractivity contribution in [3.8, 4) is 11.5 Å². The van der Waals surface area contributed by atoms with E-state index < -0.39 is 10.8 Å². The highest BCUT2D eigenvalue weighted by molar-refractivity contribution is 5.94. The molecule has 0 spiro atoms. The SMILES string of the molecule is C[C@H](/C=N\NC(=O)c1ccc([N+](=O)[O-])cc1)Cc1ccc2c(c1)OCO2. The van der Waals surface area contributed by atoms with Crippen molar-refractivity contribution in [3.05, 3.63) is 63.7 Å². The average molecular weight is 355 g/mol. The number of carbonyl (C=O) groups excluding carboxylic acids is 1. The van der Waals surface area contributed by atoms with Crippen molar-refractivity contribution >= 4 is 17.8 Å². The van der Waals surface area contributed by atoms with E-state index in [-0.39, 0.29) is 18.4 Å². The third-order valence-electron chi connectivity index (χ3n) is 3.83. The molecule has 8 heteroatoms. The summed E-state index contributed by atoms with van der Waals surface area (Å²) in [6.45, 7) is 2.22. The molecule has 134 valence electrons. The number of rotatable bonds is 6. The number of nitro groups is 1.